The molecule has 5 fully saturated rings. The molecule has 0 aromatic heterocycles. The highest BCUT2D eigenvalue weighted by molar-refractivity contribution is 6.31. The SMILES string of the molecule is C.C.C.C.C.[2H]C([2H])([2H])N1C([2H])([2H])C([2H])([2H])N(C([2H])(c2ccccc2)c2ccc(Cl)cc2)C([2H])([2H])C1([2H])[2H].[2H]C([2H])([2H])N1C([2H])([2H])C([2H])([2H])N(C(c2ccccc2)c2ccc(Cl)cc2)C([2H])([2H])C1([2H])[2H].[2H]C([2H])([2H])N1CCN(C([2H])(c2ccccc2)c2ccc(Cl)cc2)CC1.[2H]C([2H])([2H])N1CCN(C(c2ccccc2)c2ccc(Cl)cc2)CC1.[2H]C(c1ccccc1)(c1ccc(Cl)cc1)N1C([2H])([2H])C([2H])([2H])N(C)C([2H])([2H])C1([2H])[2H]. The first-order valence-electron chi connectivity index (χ1n) is 53.0. The van der Waals surface area contributed by atoms with Crippen molar-refractivity contribution < 1.29 is 53.5 Å². The van der Waals surface area contributed by atoms with Crippen LogP contribution < -0.4 is 0 Å². The summed E-state index contributed by atoms with van der Waals surface area (Å²) in [4.78, 5) is 8.06. The van der Waals surface area contributed by atoms with Gasteiger partial charge in [-0.05, 0) is 151 Å². The Morgan fingerprint density at radius 3 is 0.700 bits per heavy atom. The van der Waals surface area contributed by atoms with Gasteiger partial charge in [0.05, 0.1) is 34.2 Å². The number of benzene rings is 10. The second kappa shape index (κ2) is 47.7. The fourth-order valence-electron chi connectivity index (χ4n) is 11.7. The summed E-state index contributed by atoms with van der Waals surface area (Å²) in [6.07, 6.45) is 0. The molecule has 0 spiro atoms. The highest BCUT2D eigenvalue weighted by Gasteiger charge is 2.31. The third-order valence-electron chi connectivity index (χ3n) is 16.8. The van der Waals surface area contributed by atoms with Gasteiger partial charge in [-0.15, -0.1) is 0 Å². The minimum absolute atomic E-state index is 0. The van der Waals surface area contributed by atoms with Crippen LogP contribution in [0.4, 0.5) is 0 Å². The van der Waals surface area contributed by atoms with E-state index >= 15 is 0 Å². The Morgan fingerprint density at radius 1 is 0.227 bits per heavy atom. The van der Waals surface area contributed by atoms with Crippen LogP contribution in [0, 0.1) is 0 Å². The van der Waals surface area contributed by atoms with Crippen LogP contribution in [-0.4, -0.2) is 214 Å². The normalized spacial score (nSPS) is 29.8. The van der Waals surface area contributed by atoms with E-state index in [-0.39, 0.29) is 80.3 Å². The molecule has 0 amide bonds. The summed E-state index contributed by atoms with van der Waals surface area (Å²) in [5.41, 5.74) is 4.99. The predicted molar refractivity (Wildman–Crippen MR) is 478 cm³/mol. The highest BCUT2D eigenvalue weighted by Crippen LogP contribution is 2.36. The maximum absolute atomic E-state index is 9.36. The quantitative estimate of drug-likeness (QED) is 0.0990. The van der Waals surface area contributed by atoms with Crippen LogP contribution in [0.5, 0.6) is 0 Å². The van der Waals surface area contributed by atoms with Crippen molar-refractivity contribution in [3.63, 3.8) is 0 Å². The molecular weight excluding hydrogens is 1460 g/mol. The van der Waals surface area contributed by atoms with Crippen LogP contribution in [0.1, 0.15) is 176 Å². The lowest BCUT2D eigenvalue weighted by molar-refractivity contribution is 0.127. The largest absolute Gasteiger partial charge is 0.304 e. The summed E-state index contributed by atoms with van der Waals surface area (Å²) in [6.45, 7) is -46.4. The molecule has 0 radical (unpaired) electrons. The maximum atomic E-state index is 9.36. The average Bonchev–Trinajstić information content (AvgIpc) is 0.596. The molecule has 5 heterocycles. The third kappa shape index (κ3) is 27.2. The van der Waals surface area contributed by atoms with Crippen molar-refractivity contribution in [1.82, 2.24) is 49.0 Å². The molecule has 15 rings (SSSR count). The molecule has 590 valence electrons. The second-order valence-corrected chi connectivity index (χ2v) is 26.2. The van der Waals surface area contributed by atoms with Gasteiger partial charge in [-0.1, -0.05) is 307 Å². The Balaban J connectivity index is 0.000000283. The first-order valence-corrected chi connectivity index (χ1v) is 35.4. The molecule has 5 aliphatic heterocycles. The topological polar surface area (TPSA) is 32.4 Å². The van der Waals surface area contributed by atoms with E-state index in [9.17, 15) is 4.11 Å². The number of rotatable bonds is 15. The zero-order chi connectivity index (χ0) is 108. The molecule has 0 N–H and O–H groups in total. The fourth-order valence-corrected chi connectivity index (χ4v) is 12.4. The van der Waals surface area contributed by atoms with Crippen molar-refractivity contribution in [2.75, 3.05) is 165 Å². The minimum atomic E-state index is -3.58. The number of hydrogen-bond acceptors (Lipinski definition) is 10. The number of likely N-dealkylation sites (N-methyl/N-ethyl adjacent to an activating group) is 5. The van der Waals surface area contributed by atoms with Crippen molar-refractivity contribution in [3.05, 3.63) is 354 Å². The Labute approximate surface area is 744 Å². The molecule has 10 nitrogen and oxygen atoms in total. The van der Waals surface area contributed by atoms with E-state index in [1.54, 1.807) is 71.6 Å². The van der Waals surface area contributed by atoms with Crippen LogP contribution >= 0.6 is 58.0 Å². The van der Waals surface area contributed by atoms with Crippen molar-refractivity contribution >= 4 is 58.0 Å². The van der Waals surface area contributed by atoms with Gasteiger partial charge in [0.2, 0.25) is 0 Å². The number of piperazine rings is 5. The van der Waals surface area contributed by atoms with Gasteiger partial charge in [0.15, 0.2) is 0 Å². The molecular formula is C95H125Cl5N10. The lowest BCUT2D eigenvalue weighted by Crippen LogP contribution is -2.46. The smallest absolute Gasteiger partial charge is 0.0602 e. The Kier molecular flexibility index (Phi) is 21.6. The van der Waals surface area contributed by atoms with Gasteiger partial charge in [-0.3, -0.25) is 24.5 Å². The summed E-state index contributed by atoms with van der Waals surface area (Å²) < 4.78 is 322. The van der Waals surface area contributed by atoms with Gasteiger partial charge in [-0.25, -0.2) is 0 Å². The van der Waals surface area contributed by atoms with Gasteiger partial charge < -0.3 is 24.5 Å². The lowest BCUT2D eigenvalue weighted by atomic mass is 9.96. The molecule has 10 aromatic carbocycles. The molecule has 110 heavy (non-hydrogen) atoms. The second-order valence-electron chi connectivity index (χ2n) is 24.0. The molecule has 0 bridgehead atoms. The van der Waals surface area contributed by atoms with Crippen LogP contribution in [0.25, 0.3) is 0 Å². The van der Waals surface area contributed by atoms with Gasteiger partial charge in [0.25, 0.3) is 0 Å². The van der Waals surface area contributed by atoms with Crippen molar-refractivity contribution in [2.24, 2.45) is 0 Å². The summed E-state index contributed by atoms with van der Waals surface area (Å²) in [6, 6.07) is 68.8. The van der Waals surface area contributed by atoms with E-state index in [2.05, 4.69) is 29.2 Å². The molecule has 10 aromatic rings. The highest BCUT2D eigenvalue weighted by atomic mass is 35.5. The van der Waals surface area contributed by atoms with Crippen molar-refractivity contribution in [2.45, 2.75) is 67.3 Å². The number of hydrogen-bond donors (Lipinski definition) is 0. The van der Waals surface area contributed by atoms with E-state index in [0.717, 1.165) is 36.3 Å². The minimum Gasteiger partial charge on any atom is -0.304 e. The van der Waals surface area contributed by atoms with E-state index in [0.29, 0.717) is 80.2 Å². The van der Waals surface area contributed by atoms with Crippen LogP contribution in [0.15, 0.2) is 273 Å². The number of nitrogens with zero attached hydrogens (tertiary/aromatic N) is 10. The first-order chi connectivity index (χ1) is 66.2. The van der Waals surface area contributed by atoms with E-state index in [1.807, 2.05) is 77.7 Å². The molecule has 5 unspecified atom stereocenters. The van der Waals surface area contributed by atoms with E-state index in [1.165, 1.54) is 125 Å². The fraction of sp³-hybridized carbons (Fsp3) is 0.368. The third-order valence-corrected chi connectivity index (χ3v) is 18.1. The Hall–Kier alpha value is -6.75. The number of halogens is 5. The van der Waals surface area contributed by atoms with E-state index < -0.39 is 135 Å². The zero-order valence-electron chi connectivity index (χ0n) is 96.2. The van der Waals surface area contributed by atoms with Gasteiger partial charge >= 0.3 is 0 Å². The zero-order valence-corrected chi connectivity index (χ0v) is 60.9. The molecule has 5 saturated heterocycles. The standard InChI is InChI=1S/5C18H21ClN2.5CH4/c5*1-20-11-13-21(14-12-20)18(15-5-3-2-4-6-15)16-7-9-17(19)10-8-16;;;;;/h5*2-10,18H,11-14H2,1H3;5*1H4/i1D3,11D2,12D2,13D2,14D2,18D;11D2,12D2,13D2,14D2,18D;1D3,11D2,12D2,13D2,14D2;1D3,18D;1D3;;;;;. The molecule has 0 aliphatic carbocycles. The molecule has 5 atom stereocenters. The van der Waals surface area contributed by atoms with Gasteiger partial charge in [0.1, 0.15) is 0 Å². The Morgan fingerprint density at radius 2 is 0.427 bits per heavy atom. The van der Waals surface area contributed by atoms with Gasteiger partial charge in [-0.2, -0.15) is 0 Å². The molecule has 5 aliphatic rings. The van der Waals surface area contributed by atoms with Crippen molar-refractivity contribution in [3.8, 4) is 0 Å². The first kappa shape index (κ1) is 49.8. The van der Waals surface area contributed by atoms with Crippen LogP contribution in [0.2, 0.25) is 25.1 Å². The molecule has 15 heteroatoms. The summed E-state index contributed by atoms with van der Waals surface area (Å²) >= 11 is 29.9. The van der Waals surface area contributed by atoms with Crippen LogP contribution in [-0.2, 0) is 0 Å². The summed E-state index contributed by atoms with van der Waals surface area (Å²) in [5.74, 6) is 0. The lowest BCUT2D eigenvalue weighted by Gasteiger charge is -2.38. The Bertz CT molecular complexity index is 5830. The van der Waals surface area contributed by atoms with E-state index in [4.69, 9.17) is 107 Å². The molecule has 0 saturated carbocycles. The summed E-state index contributed by atoms with van der Waals surface area (Å²) in [7, 11) is 0.990. The van der Waals surface area contributed by atoms with Crippen LogP contribution in [0.3, 0.4) is 0 Å². The monoisotopic (exact) mass is 1620 g/mol. The predicted octanol–water partition coefficient (Wildman–Crippen LogP) is 21.6. The van der Waals surface area contributed by atoms with Crippen molar-refractivity contribution in [1.29, 1.82) is 0 Å². The van der Waals surface area contributed by atoms with Gasteiger partial charge in [0, 0.05) is 205 Å². The summed E-state index contributed by atoms with van der Waals surface area (Å²) in [5, 5.41) is 2.34. The maximum Gasteiger partial charge on any atom is 0.0602 e. The average molecular weight is 1620 g/mol.